The third kappa shape index (κ3) is 7.44. The second-order valence-electron chi connectivity index (χ2n) is 2.04. The lowest BCUT2D eigenvalue weighted by Gasteiger charge is -1.99. The maximum atomic E-state index is 10.2. The second kappa shape index (κ2) is 6.28. The third-order valence-corrected chi connectivity index (χ3v) is 1.51. The van der Waals surface area contributed by atoms with Gasteiger partial charge >= 0.3 is 10.3 Å². The molecule has 0 aliphatic heterocycles. The Bertz CT molecular complexity index is 341. The van der Waals surface area contributed by atoms with Gasteiger partial charge in [-0.1, -0.05) is 18.2 Å². The van der Waals surface area contributed by atoms with E-state index in [1.807, 2.05) is 4.72 Å². The summed E-state index contributed by atoms with van der Waals surface area (Å²) in [5.74, 6) is 0. The Labute approximate surface area is 80.4 Å². The molecule has 0 amide bonds. The fraction of sp³-hybridized carbons (Fsp3) is 0.143. The van der Waals surface area contributed by atoms with E-state index in [-0.39, 0.29) is 0 Å². The minimum Gasteiger partial charge on any atom is -0.269 e. The van der Waals surface area contributed by atoms with E-state index in [0.717, 1.165) is 0 Å². The van der Waals surface area contributed by atoms with Gasteiger partial charge in [0.15, 0.2) is 0 Å². The number of halogens is 2. The minimum absolute atomic E-state index is 0.343. The fourth-order valence-electron chi connectivity index (χ4n) is 0.655. The quantitative estimate of drug-likeness (QED) is 0.754. The minimum atomic E-state index is -4.13. The molecule has 0 aromatic heterocycles. The van der Waals surface area contributed by atoms with Gasteiger partial charge in [0.05, 0.1) is 5.69 Å². The number of nitrogens with one attached hydrogen (secondary N) is 1. The van der Waals surface area contributed by atoms with Crippen LogP contribution in [0, 0.1) is 0 Å². The van der Waals surface area contributed by atoms with E-state index in [0.29, 0.717) is 5.69 Å². The van der Waals surface area contributed by atoms with E-state index in [4.69, 9.17) is 4.55 Å². The molecule has 0 fully saturated rings. The first kappa shape index (κ1) is 12.8. The van der Waals surface area contributed by atoms with Crippen molar-refractivity contribution >= 4 is 16.0 Å². The third-order valence-electron chi connectivity index (χ3n) is 1.02. The lowest BCUT2D eigenvalue weighted by Crippen LogP contribution is -2.09. The van der Waals surface area contributed by atoms with Gasteiger partial charge < -0.3 is 0 Å². The van der Waals surface area contributed by atoms with E-state index < -0.39 is 17.2 Å². The Hall–Kier alpha value is -1.21. The van der Waals surface area contributed by atoms with Crippen molar-refractivity contribution in [3.63, 3.8) is 0 Å². The number of para-hydroxylation sites is 1. The molecule has 0 atom stereocenters. The predicted molar refractivity (Wildman–Crippen MR) is 48.7 cm³/mol. The molecule has 0 aliphatic carbocycles. The second-order valence-corrected chi connectivity index (χ2v) is 3.20. The molecule has 0 unspecified atom stereocenters. The molecule has 14 heavy (non-hydrogen) atoms. The molecule has 1 rings (SSSR count). The summed E-state index contributed by atoms with van der Waals surface area (Å²) in [6.07, 6.45) is 0. The van der Waals surface area contributed by atoms with Crippen LogP contribution in [-0.4, -0.2) is 19.9 Å². The molecule has 1 aromatic carbocycles. The van der Waals surface area contributed by atoms with Gasteiger partial charge in [0.25, 0.3) is 0 Å². The van der Waals surface area contributed by atoms with Gasteiger partial charge in [-0.3, -0.25) is 9.27 Å². The zero-order valence-electron chi connectivity index (χ0n) is 7.02. The van der Waals surface area contributed by atoms with Crippen molar-refractivity contribution in [1.29, 1.82) is 0 Å². The van der Waals surface area contributed by atoms with Gasteiger partial charge in [0.2, 0.25) is 6.93 Å². The van der Waals surface area contributed by atoms with Gasteiger partial charge in [-0.05, 0) is 12.1 Å². The van der Waals surface area contributed by atoms with Crippen LogP contribution in [0.25, 0.3) is 0 Å². The van der Waals surface area contributed by atoms with Crippen LogP contribution in [0.15, 0.2) is 30.3 Å². The maximum Gasteiger partial charge on any atom is 0.357 e. The Morgan fingerprint density at radius 3 is 2.00 bits per heavy atom. The first-order chi connectivity index (χ1) is 6.49. The molecular formula is C7H9F2NO3S. The highest BCUT2D eigenvalue weighted by molar-refractivity contribution is 7.87. The molecule has 0 bridgehead atoms. The van der Waals surface area contributed by atoms with E-state index in [1.165, 1.54) is 12.1 Å². The van der Waals surface area contributed by atoms with Crippen molar-refractivity contribution in [3.8, 4) is 0 Å². The summed E-state index contributed by atoms with van der Waals surface area (Å²) in [4.78, 5) is 0. The molecule has 2 N–H and O–H groups in total. The zero-order chi connectivity index (χ0) is 11.0. The Morgan fingerprint density at radius 1 is 1.21 bits per heavy atom. The molecule has 0 saturated carbocycles. The topological polar surface area (TPSA) is 66.4 Å². The van der Waals surface area contributed by atoms with Crippen molar-refractivity contribution in [2.24, 2.45) is 0 Å². The predicted octanol–water partition coefficient (Wildman–Crippen LogP) is 1.78. The number of hydrogen-bond acceptors (Lipinski definition) is 2. The van der Waals surface area contributed by atoms with Gasteiger partial charge in [-0.2, -0.15) is 8.42 Å². The lowest BCUT2D eigenvalue weighted by molar-refractivity contribution is 0.295. The van der Waals surface area contributed by atoms with Gasteiger partial charge in [-0.15, -0.1) is 0 Å². The molecule has 7 heteroatoms. The molecule has 0 aliphatic rings. The summed E-state index contributed by atoms with van der Waals surface area (Å²) in [6.45, 7) is -1.75. The van der Waals surface area contributed by atoms with Crippen LogP contribution in [0.3, 0.4) is 0 Å². The standard InChI is InChI=1S/C6H7NO3S.CH2F2/c8-11(9,10)7-6-4-2-1-3-5-6;2-1-3/h1-5,7H,(H,8,9,10);1H2. The van der Waals surface area contributed by atoms with Crippen LogP contribution in [0.5, 0.6) is 0 Å². The average molecular weight is 225 g/mol. The molecule has 4 nitrogen and oxygen atoms in total. The lowest BCUT2D eigenvalue weighted by atomic mass is 10.3. The summed E-state index contributed by atoms with van der Waals surface area (Å²) in [6, 6.07) is 8.14. The van der Waals surface area contributed by atoms with Gasteiger partial charge in [0.1, 0.15) is 0 Å². The van der Waals surface area contributed by atoms with Crippen LogP contribution in [0.1, 0.15) is 0 Å². The molecule has 80 valence electrons. The SMILES string of the molecule is FCF.O=S(=O)(O)Nc1ccccc1. The molecule has 0 saturated heterocycles. The highest BCUT2D eigenvalue weighted by atomic mass is 32.2. The Balaban J connectivity index is 0.000000500. The van der Waals surface area contributed by atoms with Gasteiger partial charge in [0, 0.05) is 0 Å². The smallest absolute Gasteiger partial charge is 0.269 e. The van der Waals surface area contributed by atoms with Crippen LogP contribution in [-0.2, 0) is 10.3 Å². The molecule has 0 radical (unpaired) electrons. The monoisotopic (exact) mass is 225 g/mol. The van der Waals surface area contributed by atoms with E-state index in [1.54, 1.807) is 18.2 Å². The van der Waals surface area contributed by atoms with Crippen LogP contribution < -0.4 is 4.72 Å². The molecule has 0 spiro atoms. The first-order valence-corrected chi connectivity index (χ1v) is 4.86. The highest BCUT2D eigenvalue weighted by Crippen LogP contribution is 2.05. The first-order valence-electron chi connectivity index (χ1n) is 3.42. The summed E-state index contributed by atoms with van der Waals surface area (Å²) >= 11 is 0. The van der Waals surface area contributed by atoms with Crippen LogP contribution in [0.4, 0.5) is 14.5 Å². The number of alkyl halides is 2. The van der Waals surface area contributed by atoms with Crippen LogP contribution in [0.2, 0.25) is 0 Å². The maximum absolute atomic E-state index is 10.2. The number of rotatable bonds is 2. The van der Waals surface area contributed by atoms with E-state index in [2.05, 4.69) is 0 Å². The van der Waals surface area contributed by atoms with Crippen molar-refractivity contribution in [2.45, 2.75) is 0 Å². The molecule has 0 heterocycles. The van der Waals surface area contributed by atoms with Crippen molar-refractivity contribution in [1.82, 2.24) is 0 Å². The summed E-state index contributed by atoms with van der Waals surface area (Å²) in [5.41, 5.74) is 0.343. The number of benzene rings is 1. The largest absolute Gasteiger partial charge is 0.357 e. The Kier molecular flexibility index (Phi) is 5.73. The van der Waals surface area contributed by atoms with Gasteiger partial charge in [-0.25, -0.2) is 8.78 Å². The summed E-state index contributed by atoms with van der Waals surface area (Å²) in [5, 5.41) is 0. The highest BCUT2D eigenvalue weighted by Gasteiger charge is 2.00. The van der Waals surface area contributed by atoms with E-state index >= 15 is 0 Å². The molecule has 1 aromatic rings. The normalized spacial score (nSPS) is 9.93. The summed E-state index contributed by atoms with van der Waals surface area (Å²) in [7, 11) is -4.13. The Morgan fingerprint density at radius 2 is 1.64 bits per heavy atom. The average Bonchev–Trinajstić information content (AvgIpc) is 2.04. The van der Waals surface area contributed by atoms with Crippen molar-refractivity contribution < 1.29 is 21.8 Å². The zero-order valence-corrected chi connectivity index (χ0v) is 7.84. The van der Waals surface area contributed by atoms with E-state index in [9.17, 15) is 17.2 Å². The van der Waals surface area contributed by atoms with Crippen molar-refractivity contribution in [3.05, 3.63) is 30.3 Å². The number of anilines is 1. The molecular weight excluding hydrogens is 216 g/mol. The fourth-order valence-corrected chi connectivity index (χ4v) is 1.09. The van der Waals surface area contributed by atoms with Crippen LogP contribution >= 0.6 is 0 Å². The van der Waals surface area contributed by atoms with Crippen molar-refractivity contribution in [2.75, 3.05) is 11.7 Å². The number of hydrogen-bond donors (Lipinski definition) is 2. The summed E-state index contributed by atoms with van der Waals surface area (Å²) < 4.78 is 50.0.